The highest BCUT2D eigenvalue weighted by molar-refractivity contribution is 9.10. The van der Waals surface area contributed by atoms with E-state index in [1.54, 1.807) is 30.1 Å². The molecule has 0 aliphatic carbocycles. The van der Waals surface area contributed by atoms with Crippen molar-refractivity contribution in [1.82, 2.24) is 20.4 Å². The zero-order valence-electron chi connectivity index (χ0n) is 12.6. The monoisotopic (exact) mass is 367 g/mol. The Kier molecular flexibility index (Phi) is 5.94. The molecule has 1 aromatic heterocycles. The minimum Gasteiger partial charge on any atom is -0.356 e. The van der Waals surface area contributed by atoms with E-state index < -0.39 is 0 Å². The Morgan fingerprint density at radius 3 is 2.86 bits per heavy atom. The maximum Gasteiger partial charge on any atom is 0.191 e. The number of nitrogens with zero attached hydrogens (tertiary/aromatic N) is 3. The molecule has 0 amide bonds. The number of aryl methyl sites for hydroxylation is 1. The summed E-state index contributed by atoms with van der Waals surface area (Å²) in [6.07, 6.45) is 2.33. The first-order chi connectivity index (χ1) is 10.6. The highest BCUT2D eigenvalue weighted by atomic mass is 79.9. The van der Waals surface area contributed by atoms with Crippen molar-refractivity contribution in [2.45, 2.75) is 13.0 Å². The van der Waals surface area contributed by atoms with E-state index in [2.05, 4.69) is 36.7 Å². The van der Waals surface area contributed by atoms with E-state index >= 15 is 0 Å². The first-order valence-electron chi connectivity index (χ1n) is 6.95. The highest BCUT2D eigenvalue weighted by Gasteiger charge is 2.04. The largest absolute Gasteiger partial charge is 0.356 e. The van der Waals surface area contributed by atoms with Crippen LogP contribution in [-0.4, -0.2) is 29.3 Å². The molecule has 22 heavy (non-hydrogen) atoms. The minimum atomic E-state index is -0.192. The third-order valence-corrected chi connectivity index (χ3v) is 3.77. The Morgan fingerprint density at radius 2 is 2.18 bits per heavy atom. The molecule has 0 spiro atoms. The van der Waals surface area contributed by atoms with Crippen molar-refractivity contribution in [1.29, 1.82) is 0 Å². The zero-order valence-corrected chi connectivity index (χ0v) is 14.2. The van der Waals surface area contributed by atoms with E-state index in [9.17, 15) is 4.39 Å². The van der Waals surface area contributed by atoms with Crippen LogP contribution in [0.4, 0.5) is 4.39 Å². The summed E-state index contributed by atoms with van der Waals surface area (Å²) in [5.74, 6) is 0.486. The molecule has 2 N–H and O–H groups in total. The second-order valence-corrected chi connectivity index (χ2v) is 5.70. The molecule has 1 aromatic carbocycles. The lowest BCUT2D eigenvalue weighted by atomic mass is 10.1. The molecule has 0 saturated heterocycles. The van der Waals surface area contributed by atoms with Crippen LogP contribution in [0.25, 0.3) is 0 Å². The third kappa shape index (κ3) is 4.56. The number of hydrogen-bond acceptors (Lipinski definition) is 2. The van der Waals surface area contributed by atoms with Crippen molar-refractivity contribution in [2.75, 3.05) is 13.6 Å². The topological polar surface area (TPSA) is 54.2 Å². The Hall–Kier alpha value is -1.89. The highest BCUT2D eigenvalue weighted by Crippen LogP contribution is 2.15. The van der Waals surface area contributed by atoms with E-state index in [4.69, 9.17) is 0 Å². The van der Waals surface area contributed by atoms with Crippen molar-refractivity contribution in [3.63, 3.8) is 0 Å². The molecule has 0 aliphatic heterocycles. The van der Waals surface area contributed by atoms with Crippen molar-refractivity contribution >= 4 is 21.9 Å². The SMILES string of the molecule is CN=C(NCCc1cc(Br)ccc1F)NCc1ccnn1C. The first kappa shape index (κ1) is 16.5. The van der Waals surface area contributed by atoms with Gasteiger partial charge in [-0.15, -0.1) is 0 Å². The predicted molar refractivity (Wildman–Crippen MR) is 89.2 cm³/mol. The average Bonchev–Trinajstić information content (AvgIpc) is 2.91. The third-order valence-electron chi connectivity index (χ3n) is 3.28. The fraction of sp³-hybridized carbons (Fsp3) is 0.333. The van der Waals surface area contributed by atoms with Gasteiger partial charge in [0.2, 0.25) is 0 Å². The number of guanidine groups is 1. The van der Waals surface area contributed by atoms with Crippen LogP contribution >= 0.6 is 15.9 Å². The molecule has 0 fully saturated rings. The lowest BCUT2D eigenvalue weighted by Crippen LogP contribution is -2.38. The molecule has 7 heteroatoms. The number of rotatable bonds is 5. The number of hydrogen-bond donors (Lipinski definition) is 2. The molecule has 0 radical (unpaired) electrons. The molecule has 118 valence electrons. The first-order valence-corrected chi connectivity index (χ1v) is 7.75. The zero-order chi connectivity index (χ0) is 15.9. The molecule has 0 unspecified atom stereocenters. The average molecular weight is 368 g/mol. The summed E-state index contributed by atoms with van der Waals surface area (Å²) >= 11 is 3.35. The molecule has 0 atom stereocenters. The van der Waals surface area contributed by atoms with Gasteiger partial charge in [0, 0.05) is 31.3 Å². The summed E-state index contributed by atoms with van der Waals surface area (Å²) in [7, 11) is 3.60. The smallest absolute Gasteiger partial charge is 0.191 e. The van der Waals surface area contributed by atoms with Gasteiger partial charge in [0.15, 0.2) is 5.96 Å². The van der Waals surface area contributed by atoms with Crippen LogP contribution < -0.4 is 10.6 Å². The van der Waals surface area contributed by atoms with Gasteiger partial charge in [0.05, 0.1) is 12.2 Å². The molecule has 2 aromatic rings. The molecular formula is C15H19BrFN5. The van der Waals surface area contributed by atoms with Gasteiger partial charge in [-0.2, -0.15) is 5.10 Å². The fourth-order valence-corrected chi connectivity index (χ4v) is 2.43. The maximum absolute atomic E-state index is 13.7. The van der Waals surface area contributed by atoms with Crippen LogP contribution in [0, 0.1) is 5.82 Å². The van der Waals surface area contributed by atoms with Crippen LogP contribution in [0.3, 0.4) is 0 Å². The number of halogens is 2. The summed E-state index contributed by atoms with van der Waals surface area (Å²) in [6.45, 7) is 1.22. The van der Waals surface area contributed by atoms with Crippen LogP contribution in [0.5, 0.6) is 0 Å². The van der Waals surface area contributed by atoms with Crippen molar-refractivity contribution < 1.29 is 4.39 Å². The summed E-state index contributed by atoms with van der Waals surface area (Å²) < 4.78 is 16.3. The molecule has 0 aliphatic rings. The van der Waals surface area contributed by atoms with E-state index in [0.717, 1.165) is 10.2 Å². The van der Waals surface area contributed by atoms with E-state index in [1.807, 2.05) is 13.1 Å². The Morgan fingerprint density at radius 1 is 1.36 bits per heavy atom. The molecule has 0 bridgehead atoms. The summed E-state index contributed by atoms with van der Waals surface area (Å²) in [4.78, 5) is 4.15. The lowest BCUT2D eigenvalue weighted by Gasteiger charge is -2.12. The van der Waals surface area contributed by atoms with E-state index in [0.29, 0.717) is 31.0 Å². The van der Waals surface area contributed by atoms with Gasteiger partial charge in [-0.25, -0.2) is 4.39 Å². The Labute approximate surface area is 137 Å². The maximum atomic E-state index is 13.7. The van der Waals surface area contributed by atoms with Gasteiger partial charge in [-0.1, -0.05) is 15.9 Å². The second kappa shape index (κ2) is 7.93. The quantitative estimate of drug-likeness (QED) is 0.629. The predicted octanol–water partition coefficient (Wildman–Crippen LogP) is 2.23. The van der Waals surface area contributed by atoms with Crippen LogP contribution in [-0.2, 0) is 20.0 Å². The van der Waals surface area contributed by atoms with E-state index in [1.165, 1.54) is 6.07 Å². The molecule has 1 heterocycles. The van der Waals surface area contributed by atoms with Crippen molar-refractivity contribution in [3.8, 4) is 0 Å². The summed E-state index contributed by atoms with van der Waals surface area (Å²) in [6, 6.07) is 6.90. The minimum absolute atomic E-state index is 0.192. The van der Waals surface area contributed by atoms with E-state index in [-0.39, 0.29) is 5.82 Å². The van der Waals surface area contributed by atoms with Gasteiger partial charge in [-0.05, 0) is 36.2 Å². The van der Waals surface area contributed by atoms with Gasteiger partial charge in [0.25, 0.3) is 0 Å². The molecule has 5 nitrogen and oxygen atoms in total. The van der Waals surface area contributed by atoms with Crippen LogP contribution in [0.1, 0.15) is 11.3 Å². The second-order valence-electron chi connectivity index (χ2n) is 4.78. The normalized spacial score (nSPS) is 11.5. The van der Waals surface area contributed by atoms with Crippen molar-refractivity contribution in [3.05, 3.63) is 52.0 Å². The fourth-order valence-electron chi connectivity index (χ4n) is 2.02. The number of nitrogens with one attached hydrogen (secondary N) is 2. The number of aliphatic imine (C=N–C) groups is 1. The molecule has 0 saturated carbocycles. The van der Waals surface area contributed by atoms with Crippen LogP contribution in [0.2, 0.25) is 0 Å². The summed E-state index contributed by atoms with van der Waals surface area (Å²) in [5.41, 5.74) is 1.73. The van der Waals surface area contributed by atoms with Crippen LogP contribution in [0.15, 0.2) is 39.9 Å². The van der Waals surface area contributed by atoms with Gasteiger partial charge in [0.1, 0.15) is 5.82 Å². The molecule has 2 rings (SSSR count). The summed E-state index contributed by atoms with van der Waals surface area (Å²) in [5, 5.41) is 10.5. The van der Waals surface area contributed by atoms with Gasteiger partial charge >= 0.3 is 0 Å². The Bertz CT molecular complexity index is 653. The standard InChI is InChI=1S/C15H19BrFN5/c1-18-15(20-10-13-6-8-21-22(13)2)19-7-5-11-9-12(16)3-4-14(11)17/h3-4,6,8-9H,5,7,10H2,1-2H3,(H2,18,19,20). The Balaban J connectivity index is 1.81. The number of benzene rings is 1. The van der Waals surface area contributed by atoms with Gasteiger partial charge < -0.3 is 10.6 Å². The van der Waals surface area contributed by atoms with Gasteiger partial charge in [-0.3, -0.25) is 9.67 Å². The molecular weight excluding hydrogens is 349 g/mol. The van der Waals surface area contributed by atoms with Crippen molar-refractivity contribution in [2.24, 2.45) is 12.0 Å². The lowest BCUT2D eigenvalue weighted by molar-refractivity contribution is 0.606. The number of aromatic nitrogens is 2.